The Labute approximate surface area is 182 Å². The Morgan fingerprint density at radius 1 is 1.03 bits per heavy atom. The van der Waals surface area contributed by atoms with Gasteiger partial charge in [0.05, 0.1) is 11.3 Å². The van der Waals surface area contributed by atoms with Crippen molar-refractivity contribution in [3.63, 3.8) is 0 Å². The minimum Gasteiger partial charge on any atom is -0.507 e. The van der Waals surface area contributed by atoms with Crippen molar-refractivity contribution in [2.45, 2.75) is 32.3 Å². The van der Waals surface area contributed by atoms with Gasteiger partial charge >= 0.3 is 0 Å². The molecule has 0 saturated heterocycles. The van der Waals surface area contributed by atoms with Crippen LogP contribution in [0.2, 0.25) is 5.02 Å². The Morgan fingerprint density at radius 3 is 2.30 bits per heavy atom. The monoisotopic (exact) mass is 420 g/mol. The predicted molar refractivity (Wildman–Crippen MR) is 122 cm³/mol. The maximum atomic E-state index is 11.1. The van der Waals surface area contributed by atoms with E-state index in [2.05, 4.69) is 11.9 Å². The van der Waals surface area contributed by atoms with Gasteiger partial charge in [-0.2, -0.15) is 0 Å². The molecule has 0 radical (unpaired) electrons. The van der Waals surface area contributed by atoms with E-state index in [1.54, 1.807) is 42.6 Å². The van der Waals surface area contributed by atoms with Crippen LogP contribution >= 0.6 is 11.6 Å². The first-order valence-corrected chi connectivity index (χ1v) is 10.3. The van der Waals surface area contributed by atoms with Gasteiger partial charge in [0.1, 0.15) is 11.9 Å². The van der Waals surface area contributed by atoms with Crippen molar-refractivity contribution in [3.05, 3.63) is 106 Å². The predicted octanol–water partition coefficient (Wildman–Crippen LogP) is 6.15. The Hall–Kier alpha value is -2.95. The van der Waals surface area contributed by atoms with E-state index < -0.39 is 6.10 Å². The second-order valence-corrected chi connectivity index (χ2v) is 7.57. The number of unbranched alkanes of at least 4 members (excludes halogenated alkanes) is 1. The molecule has 5 heteroatoms. The number of pyridine rings is 1. The van der Waals surface area contributed by atoms with Crippen LogP contribution in [0.3, 0.4) is 0 Å². The molecule has 1 heterocycles. The fraction of sp³-hybridized carbons (Fsp3) is 0.200. The van der Waals surface area contributed by atoms with Gasteiger partial charge in [0.25, 0.3) is 0 Å². The van der Waals surface area contributed by atoms with Gasteiger partial charge in [0, 0.05) is 34.1 Å². The lowest BCUT2D eigenvalue weighted by molar-refractivity contribution is 0.219. The molecule has 0 bridgehead atoms. The number of aryl methyl sites for hydroxylation is 1. The normalized spacial score (nSPS) is 12.9. The van der Waals surface area contributed by atoms with Crippen LogP contribution in [0.15, 0.2) is 78.6 Å². The van der Waals surface area contributed by atoms with Gasteiger partial charge in [-0.05, 0) is 36.6 Å². The van der Waals surface area contributed by atoms with Crippen molar-refractivity contribution in [3.8, 4) is 0 Å². The zero-order valence-electron chi connectivity index (χ0n) is 16.8. The smallest absolute Gasteiger partial charge is 0.131 e. The van der Waals surface area contributed by atoms with Gasteiger partial charge in [0.15, 0.2) is 0 Å². The van der Waals surface area contributed by atoms with Gasteiger partial charge in [-0.1, -0.05) is 67.4 Å². The van der Waals surface area contributed by atoms with Crippen LogP contribution in [0.5, 0.6) is 0 Å². The quantitative estimate of drug-likeness (QED) is 0.302. The molecule has 3 rings (SSSR count). The first-order valence-electron chi connectivity index (χ1n) is 9.96. The number of nitrogens with one attached hydrogen (secondary N) is 1. The highest BCUT2D eigenvalue weighted by atomic mass is 35.5. The summed E-state index contributed by atoms with van der Waals surface area (Å²) in [5.74, 6) is -0.131. The van der Waals surface area contributed by atoms with Gasteiger partial charge in [-0.25, -0.2) is 0 Å². The average molecular weight is 421 g/mol. The van der Waals surface area contributed by atoms with Crippen LogP contribution in [0.25, 0.3) is 5.76 Å². The molecule has 0 aliphatic heterocycles. The van der Waals surface area contributed by atoms with Gasteiger partial charge in [-0.3, -0.25) is 10.4 Å². The number of aromatic nitrogens is 1. The number of aliphatic hydroxyl groups excluding tert-OH is 2. The average Bonchev–Trinajstić information content (AvgIpc) is 2.79. The third-order valence-electron chi connectivity index (χ3n) is 4.98. The standard InChI is InChI=1S/C25H25ClN2O2/c1-2-3-5-17-7-9-19(10-8-17)24(29)22(25(30)20-6-4-15-28-16-20)23(27)18-11-13-21(26)14-12-18/h4,6-16,25,27,29-30H,2-3,5H2,1H3/b24-22+,27-23?. The number of hydrogen-bond donors (Lipinski definition) is 3. The number of nitrogens with zero attached hydrogens (tertiary/aromatic N) is 1. The van der Waals surface area contributed by atoms with Crippen molar-refractivity contribution < 1.29 is 10.2 Å². The molecule has 3 aromatic rings. The molecule has 0 spiro atoms. The van der Waals surface area contributed by atoms with E-state index in [0.717, 1.165) is 19.3 Å². The van der Waals surface area contributed by atoms with Gasteiger partial charge in [0.2, 0.25) is 0 Å². The Bertz CT molecular complexity index is 1010. The summed E-state index contributed by atoms with van der Waals surface area (Å²) < 4.78 is 0. The van der Waals surface area contributed by atoms with Gasteiger partial charge in [-0.15, -0.1) is 0 Å². The summed E-state index contributed by atoms with van der Waals surface area (Å²) in [5, 5.41) is 31.4. The zero-order chi connectivity index (χ0) is 21.5. The first-order chi connectivity index (χ1) is 14.5. The number of hydrogen-bond acceptors (Lipinski definition) is 4. The van der Waals surface area contributed by atoms with Crippen molar-refractivity contribution in [1.29, 1.82) is 5.41 Å². The van der Waals surface area contributed by atoms with Crippen LogP contribution < -0.4 is 0 Å². The highest BCUT2D eigenvalue weighted by Gasteiger charge is 2.24. The number of rotatable bonds is 8. The molecule has 4 nitrogen and oxygen atoms in total. The minimum atomic E-state index is -1.21. The minimum absolute atomic E-state index is 0.0237. The lowest BCUT2D eigenvalue weighted by Gasteiger charge is -2.19. The molecule has 0 aliphatic carbocycles. The Morgan fingerprint density at radius 2 is 1.70 bits per heavy atom. The maximum absolute atomic E-state index is 11.1. The largest absolute Gasteiger partial charge is 0.507 e. The summed E-state index contributed by atoms with van der Waals surface area (Å²) in [6, 6.07) is 17.8. The number of benzene rings is 2. The van der Waals surface area contributed by atoms with E-state index in [1.165, 1.54) is 11.8 Å². The molecular weight excluding hydrogens is 396 g/mol. The lowest BCUT2D eigenvalue weighted by atomic mass is 9.91. The van der Waals surface area contributed by atoms with E-state index >= 15 is 0 Å². The van der Waals surface area contributed by atoms with E-state index in [9.17, 15) is 10.2 Å². The number of aliphatic hydroxyl groups is 2. The van der Waals surface area contributed by atoms with Crippen molar-refractivity contribution in [1.82, 2.24) is 4.98 Å². The van der Waals surface area contributed by atoms with Gasteiger partial charge < -0.3 is 10.2 Å². The summed E-state index contributed by atoms with van der Waals surface area (Å²) in [5.41, 5.74) is 2.92. The molecule has 1 unspecified atom stereocenters. The lowest BCUT2D eigenvalue weighted by Crippen LogP contribution is -2.15. The van der Waals surface area contributed by atoms with E-state index in [1.807, 2.05) is 24.3 Å². The third-order valence-corrected chi connectivity index (χ3v) is 5.23. The highest BCUT2D eigenvalue weighted by Crippen LogP contribution is 2.31. The Balaban J connectivity index is 2.05. The molecule has 0 amide bonds. The Kier molecular flexibility index (Phi) is 7.39. The fourth-order valence-electron chi connectivity index (χ4n) is 3.23. The summed E-state index contributed by atoms with van der Waals surface area (Å²) in [6.45, 7) is 2.15. The maximum Gasteiger partial charge on any atom is 0.131 e. The van der Waals surface area contributed by atoms with Crippen molar-refractivity contribution in [2.75, 3.05) is 0 Å². The SMILES string of the molecule is CCCCc1ccc(/C(O)=C(/C(=N)c2ccc(Cl)cc2)C(O)c2cccnc2)cc1. The summed E-state index contributed by atoms with van der Waals surface area (Å²) in [7, 11) is 0. The summed E-state index contributed by atoms with van der Waals surface area (Å²) in [4.78, 5) is 4.05. The van der Waals surface area contributed by atoms with E-state index in [4.69, 9.17) is 17.0 Å². The first kappa shape index (κ1) is 21.8. The zero-order valence-corrected chi connectivity index (χ0v) is 17.6. The van der Waals surface area contributed by atoms with Crippen molar-refractivity contribution in [2.24, 2.45) is 0 Å². The summed E-state index contributed by atoms with van der Waals surface area (Å²) in [6.07, 6.45) is 5.13. The van der Waals surface area contributed by atoms with E-state index in [0.29, 0.717) is 21.7 Å². The van der Waals surface area contributed by atoms with E-state index in [-0.39, 0.29) is 17.0 Å². The molecule has 154 valence electrons. The van der Waals surface area contributed by atoms with Crippen LogP contribution in [-0.4, -0.2) is 20.9 Å². The van der Waals surface area contributed by atoms with Crippen LogP contribution in [0.1, 0.15) is 48.1 Å². The number of halogens is 1. The van der Waals surface area contributed by atoms with Crippen molar-refractivity contribution >= 4 is 23.1 Å². The molecule has 3 N–H and O–H groups in total. The summed E-state index contributed by atoms with van der Waals surface area (Å²) >= 11 is 5.97. The molecule has 0 fully saturated rings. The molecule has 0 aliphatic rings. The van der Waals surface area contributed by atoms with Crippen LogP contribution in [-0.2, 0) is 6.42 Å². The second kappa shape index (κ2) is 10.2. The molecular formula is C25H25ClN2O2. The van der Waals surface area contributed by atoms with Crippen LogP contribution in [0, 0.1) is 5.41 Å². The molecule has 1 atom stereocenters. The third kappa shape index (κ3) is 5.15. The molecule has 0 saturated carbocycles. The fourth-order valence-corrected chi connectivity index (χ4v) is 3.35. The second-order valence-electron chi connectivity index (χ2n) is 7.13. The highest BCUT2D eigenvalue weighted by molar-refractivity contribution is 6.30. The molecule has 1 aromatic heterocycles. The molecule has 30 heavy (non-hydrogen) atoms. The molecule has 2 aromatic carbocycles. The topological polar surface area (TPSA) is 77.2 Å². The van der Waals surface area contributed by atoms with Crippen LogP contribution in [0.4, 0.5) is 0 Å².